The summed E-state index contributed by atoms with van der Waals surface area (Å²) < 4.78 is 5.88. The molecule has 0 saturated carbocycles. The molecule has 1 aliphatic heterocycles. The van der Waals surface area contributed by atoms with Gasteiger partial charge in [-0.05, 0) is 44.7 Å². The van der Waals surface area contributed by atoms with Gasteiger partial charge in [0.1, 0.15) is 5.75 Å². The quantitative estimate of drug-likeness (QED) is 0.763. The van der Waals surface area contributed by atoms with Gasteiger partial charge in [-0.1, -0.05) is 17.7 Å². The third-order valence-corrected chi connectivity index (χ3v) is 3.59. The zero-order valence-electron chi connectivity index (χ0n) is 12.2. The van der Waals surface area contributed by atoms with Gasteiger partial charge in [0.25, 0.3) is 0 Å². The molecule has 19 heavy (non-hydrogen) atoms. The highest BCUT2D eigenvalue weighted by Gasteiger charge is 2.19. The third kappa shape index (κ3) is 3.49. The Kier molecular flexibility index (Phi) is 4.46. The fourth-order valence-corrected chi connectivity index (χ4v) is 2.76. The van der Waals surface area contributed by atoms with Crippen LogP contribution in [0.1, 0.15) is 36.0 Å². The average Bonchev–Trinajstić information content (AvgIpc) is 2.73. The maximum Gasteiger partial charge on any atom is 0.222 e. The molecule has 0 aromatic heterocycles. The smallest absolute Gasteiger partial charge is 0.222 e. The van der Waals surface area contributed by atoms with Crippen LogP contribution in [-0.2, 0) is 4.79 Å². The highest BCUT2D eigenvalue weighted by atomic mass is 16.5. The first-order valence-corrected chi connectivity index (χ1v) is 7.06. The van der Waals surface area contributed by atoms with Gasteiger partial charge in [-0.3, -0.25) is 4.79 Å². The Morgan fingerprint density at radius 3 is 2.47 bits per heavy atom. The van der Waals surface area contributed by atoms with E-state index >= 15 is 0 Å². The zero-order valence-corrected chi connectivity index (χ0v) is 12.2. The number of hydrogen-bond donors (Lipinski definition) is 0. The Labute approximate surface area is 115 Å². The molecule has 0 radical (unpaired) electrons. The molecule has 3 nitrogen and oxygen atoms in total. The molecule has 0 aliphatic carbocycles. The minimum atomic E-state index is 0.294. The van der Waals surface area contributed by atoms with Crippen LogP contribution >= 0.6 is 0 Å². The van der Waals surface area contributed by atoms with E-state index in [2.05, 4.69) is 32.9 Å². The van der Waals surface area contributed by atoms with Gasteiger partial charge in [0.2, 0.25) is 5.91 Å². The van der Waals surface area contributed by atoms with Crippen LogP contribution in [0.3, 0.4) is 0 Å². The summed E-state index contributed by atoms with van der Waals surface area (Å²) in [5.41, 5.74) is 3.65. The summed E-state index contributed by atoms with van der Waals surface area (Å²) >= 11 is 0. The lowest BCUT2D eigenvalue weighted by Gasteiger charge is -2.17. The summed E-state index contributed by atoms with van der Waals surface area (Å²) in [6, 6.07) is 4.29. The van der Waals surface area contributed by atoms with Crippen molar-refractivity contribution in [3.8, 4) is 5.75 Å². The number of ether oxygens (including phenoxy) is 1. The largest absolute Gasteiger partial charge is 0.493 e. The van der Waals surface area contributed by atoms with Crippen LogP contribution in [0, 0.1) is 20.8 Å². The maximum atomic E-state index is 11.5. The van der Waals surface area contributed by atoms with Crippen molar-refractivity contribution in [2.45, 2.75) is 40.0 Å². The number of amides is 1. The summed E-state index contributed by atoms with van der Waals surface area (Å²) in [4.78, 5) is 13.4. The summed E-state index contributed by atoms with van der Waals surface area (Å²) in [7, 11) is 0. The van der Waals surface area contributed by atoms with Crippen molar-refractivity contribution in [3.63, 3.8) is 0 Å². The van der Waals surface area contributed by atoms with Crippen molar-refractivity contribution in [1.82, 2.24) is 4.90 Å². The summed E-state index contributed by atoms with van der Waals surface area (Å²) in [6.07, 6.45) is 2.63. The van der Waals surface area contributed by atoms with E-state index in [0.717, 1.165) is 38.1 Å². The lowest BCUT2D eigenvalue weighted by molar-refractivity contribution is -0.127. The van der Waals surface area contributed by atoms with Crippen molar-refractivity contribution in [2.75, 3.05) is 19.7 Å². The van der Waals surface area contributed by atoms with Gasteiger partial charge < -0.3 is 9.64 Å². The number of rotatable bonds is 5. The second-order valence-corrected chi connectivity index (χ2v) is 5.41. The van der Waals surface area contributed by atoms with Crippen LogP contribution in [0.5, 0.6) is 5.75 Å². The first-order chi connectivity index (χ1) is 9.08. The number of benzene rings is 1. The van der Waals surface area contributed by atoms with Gasteiger partial charge in [-0.15, -0.1) is 0 Å². The molecule has 1 aromatic carbocycles. The predicted molar refractivity (Wildman–Crippen MR) is 76.6 cm³/mol. The fourth-order valence-electron chi connectivity index (χ4n) is 2.76. The Bertz CT molecular complexity index is 445. The lowest BCUT2D eigenvalue weighted by atomic mass is 10.1. The van der Waals surface area contributed by atoms with Crippen LogP contribution in [0.2, 0.25) is 0 Å². The molecule has 1 aromatic rings. The molecule has 1 aliphatic rings. The van der Waals surface area contributed by atoms with Gasteiger partial charge in [0, 0.05) is 19.5 Å². The van der Waals surface area contributed by atoms with E-state index in [0.29, 0.717) is 12.5 Å². The van der Waals surface area contributed by atoms with E-state index in [4.69, 9.17) is 4.74 Å². The third-order valence-electron chi connectivity index (χ3n) is 3.59. The molecule has 0 bridgehead atoms. The molecule has 0 N–H and O–H groups in total. The monoisotopic (exact) mass is 261 g/mol. The van der Waals surface area contributed by atoms with E-state index < -0.39 is 0 Å². The molecule has 1 fully saturated rings. The minimum Gasteiger partial charge on any atom is -0.493 e. The SMILES string of the molecule is Cc1cc(C)c(OCCCN2CCCC2=O)c(C)c1. The van der Waals surface area contributed by atoms with Gasteiger partial charge >= 0.3 is 0 Å². The molecule has 0 atom stereocenters. The van der Waals surface area contributed by atoms with Crippen LogP contribution < -0.4 is 4.74 Å². The van der Waals surface area contributed by atoms with Crippen molar-refractivity contribution in [2.24, 2.45) is 0 Å². The van der Waals surface area contributed by atoms with E-state index in [-0.39, 0.29) is 0 Å². The fraction of sp³-hybridized carbons (Fsp3) is 0.562. The Balaban J connectivity index is 1.81. The van der Waals surface area contributed by atoms with Crippen LogP contribution in [0.15, 0.2) is 12.1 Å². The lowest BCUT2D eigenvalue weighted by Crippen LogP contribution is -2.26. The zero-order chi connectivity index (χ0) is 13.8. The molecule has 1 saturated heterocycles. The van der Waals surface area contributed by atoms with Crippen LogP contribution in [0.25, 0.3) is 0 Å². The van der Waals surface area contributed by atoms with E-state index in [1.165, 1.54) is 16.7 Å². The molecule has 0 spiro atoms. The number of carbonyl (C=O) groups is 1. The molecule has 104 valence electrons. The minimum absolute atomic E-state index is 0.294. The average molecular weight is 261 g/mol. The second kappa shape index (κ2) is 6.09. The van der Waals surface area contributed by atoms with Crippen molar-refractivity contribution < 1.29 is 9.53 Å². The molecule has 1 heterocycles. The standard InChI is InChI=1S/C16H23NO2/c1-12-10-13(2)16(14(3)11-12)19-9-5-8-17-7-4-6-15(17)18/h10-11H,4-9H2,1-3H3. The van der Waals surface area contributed by atoms with Crippen molar-refractivity contribution in [3.05, 3.63) is 28.8 Å². The number of carbonyl (C=O) groups excluding carboxylic acids is 1. The highest BCUT2D eigenvalue weighted by Crippen LogP contribution is 2.24. The van der Waals surface area contributed by atoms with Gasteiger partial charge in [0.05, 0.1) is 6.61 Å². The predicted octanol–water partition coefficient (Wildman–Crippen LogP) is 3.00. The first kappa shape index (κ1) is 13.9. The maximum absolute atomic E-state index is 11.5. The first-order valence-electron chi connectivity index (χ1n) is 7.06. The normalized spacial score (nSPS) is 15.1. The van der Waals surface area contributed by atoms with Crippen molar-refractivity contribution >= 4 is 5.91 Å². The second-order valence-electron chi connectivity index (χ2n) is 5.41. The van der Waals surface area contributed by atoms with Gasteiger partial charge in [-0.25, -0.2) is 0 Å². The molecule has 2 rings (SSSR count). The van der Waals surface area contributed by atoms with Gasteiger partial charge in [0.15, 0.2) is 0 Å². The molecule has 1 amide bonds. The van der Waals surface area contributed by atoms with Crippen molar-refractivity contribution in [1.29, 1.82) is 0 Å². The highest BCUT2D eigenvalue weighted by molar-refractivity contribution is 5.77. The van der Waals surface area contributed by atoms with E-state index in [9.17, 15) is 4.79 Å². The van der Waals surface area contributed by atoms with E-state index in [1.807, 2.05) is 4.90 Å². The molecule has 3 heteroatoms. The summed E-state index contributed by atoms with van der Waals surface area (Å²) in [5.74, 6) is 1.29. The van der Waals surface area contributed by atoms with Gasteiger partial charge in [-0.2, -0.15) is 0 Å². The molecular weight excluding hydrogens is 238 g/mol. The van der Waals surface area contributed by atoms with E-state index in [1.54, 1.807) is 0 Å². The number of hydrogen-bond acceptors (Lipinski definition) is 2. The van der Waals surface area contributed by atoms with Crippen LogP contribution in [-0.4, -0.2) is 30.5 Å². The Morgan fingerprint density at radius 1 is 1.21 bits per heavy atom. The Morgan fingerprint density at radius 2 is 1.89 bits per heavy atom. The number of nitrogens with zero attached hydrogens (tertiary/aromatic N) is 1. The van der Waals surface area contributed by atoms with Crippen LogP contribution in [0.4, 0.5) is 0 Å². The molecule has 0 unspecified atom stereocenters. The number of aryl methyl sites for hydroxylation is 3. The summed E-state index contributed by atoms with van der Waals surface area (Å²) in [6.45, 7) is 8.68. The summed E-state index contributed by atoms with van der Waals surface area (Å²) in [5, 5.41) is 0. The topological polar surface area (TPSA) is 29.5 Å². The Hall–Kier alpha value is -1.51. The number of likely N-dealkylation sites (tertiary alicyclic amines) is 1. The molecular formula is C16H23NO2.